The molecular formula is C16H22N2O3S. The SMILES string of the molecule is CCN(C(=O)CN1CSCC1=O)[C@H](C)c1cccc(OC)c1. The van der Waals surface area contributed by atoms with Crippen molar-refractivity contribution >= 4 is 23.6 Å². The Hall–Kier alpha value is -1.69. The number of nitrogens with zero attached hydrogens (tertiary/aromatic N) is 2. The summed E-state index contributed by atoms with van der Waals surface area (Å²) in [6.07, 6.45) is 0. The summed E-state index contributed by atoms with van der Waals surface area (Å²) >= 11 is 1.55. The first-order valence-corrected chi connectivity index (χ1v) is 8.51. The molecule has 0 unspecified atom stereocenters. The summed E-state index contributed by atoms with van der Waals surface area (Å²) in [4.78, 5) is 27.6. The van der Waals surface area contributed by atoms with Crippen LogP contribution in [-0.4, -0.2) is 53.4 Å². The van der Waals surface area contributed by atoms with Crippen LogP contribution in [0.1, 0.15) is 25.5 Å². The number of thioether (sulfide) groups is 1. The van der Waals surface area contributed by atoms with E-state index in [0.717, 1.165) is 11.3 Å². The maximum atomic E-state index is 12.5. The van der Waals surface area contributed by atoms with Gasteiger partial charge in [-0.25, -0.2) is 0 Å². The molecule has 1 heterocycles. The number of carbonyl (C=O) groups is 2. The van der Waals surface area contributed by atoms with Gasteiger partial charge >= 0.3 is 0 Å². The molecule has 2 amide bonds. The van der Waals surface area contributed by atoms with Gasteiger partial charge in [0.25, 0.3) is 0 Å². The summed E-state index contributed by atoms with van der Waals surface area (Å²) in [6.45, 7) is 4.71. The molecular weight excluding hydrogens is 300 g/mol. The van der Waals surface area contributed by atoms with Gasteiger partial charge in [-0.3, -0.25) is 9.59 Å². The Labute approximate surface area is 135 Å². The van der Waals surface area contributed by atoms with E-state index in [0.29, 0.717) is 18.2 Å². The fraction of sp³-hybridized carbons (Fsp3) is 0.500. The molecule has 0 bridgehead atoms. The van der Waals surface area contributed by atoms with E-state index in [1.807, 2.05) is 38.1 Å². The van der Waals surface area contributed by atoms with Crippen molar-refractivity contribution in [2.75, 3.05) is 31.8 Å². The first-order valence-electron chi connectivity index (χ1n) is 7.35. The lowest BCUT2D eigenvalue weighted by Gasteiger charge is -2.30. The fourth-order valence-electron chi connectivity index (χ4n) is 2.54. The number of benzene rings is 1. The smallest absolute Gasteiger partial charge is 0.242 e. The molecule has 0 spiro atoms. The lowest BCUT2D eigenvalue weighted by atomic mass is 10.1. The molecule has 1 aromatic rings. The molecule has 5 nitrogen and oxygen atoms in total. The van der Waals surface area contributed by atoms with E-state index in [-0.39, 0.29) is 24.4 Å². The zero-order chi connectivity index (χ0) is 16.1. The van der Waals surface area contributed by atoms with Gasteiger partial charge in [-0.2, -0.15) is 0 Å². The fourth-order valence-corrected chi connectivity index (χ4v) is 3.45. The van der Waals surface area contributed by atoms with Crippen molar-refractivity contribution < 1.29 is 14.3 Å². The highest BCUT2D eigenvalue weighted by atomic mass is 32.2. The van der Waals surface area contributed by atoms with Crippen LogP contribution in [0, 0.1) is 0 Å². The Bertz CT molecular complexity index is 550. The third-order valence-corrected chi connectivity index (χ3v) is 4.80. The molecule has 22 heavy (non-hydrogen) atoms. The van der Waals surface area contributed by atoms with Gasteiger partial charge in [0.2, 0.25) is 11.8 Å². The number of carbonyl (C=O) groups excluding carboxylic acids is 2. The van der Waals surface area contributed by atoms with Gasteiger partial charge in [0.15, 0.2) is 0 Å². The van der Waals surface area contributed by atoms with E-state index in [4.69, 9.17) is 4.74 Å². The molecule has 120 valence electrons. The second kappa shape index (κ2) is 7.54. The predicted molar refractivity (Wildman–Crippen MR) is 87.8 cm³/mol. The van der Waals surface area contributed by atoms with Crippen molar-refractivity contribution in [2.45, 2.75) is 19.9 Å². The summed E-state index contributed by atoms with van der Waals surface area (Å²) in [5.41, 5.74) is 1.02. The standard InChI is InChI=1S/C16H22N2O3S/c1-4-18(15(19)9-17-11-22-10-16(17)20)12(2)13-6-5-7-14(8-13)21-3/h5-8,12H,4,9-11H2,1-3H3/t12-/m1/s1. The van der Waals surface area contributed by atoms with Gasteiger partial charge in [-0.05, 0) is 31.5 Å². The Morgan fingerprint density at radius 3 is 2.86 bits per heavy atom. The number of hydrogen-bond donors (Lipinski definition) is 0. The number of ether oxygens (including phenoxy) is 1. The highest BCUT2D eigenvalue weighted by molar-refractivity contribution is 8.00. The summed E-state index contributed by atoms with van der Waals surface area (Å²) in [5.74, 6) is 1.89. The largest absolute Gasteiger partial charge is 0.497 e. The van der Waals surface area contributed by atoms with E-state index in [2.05, 4.69) is 0 Å². The summed E-state index contributed by atoms with van der Waals surface area (Å²) in [6, 6.07) is 7.67. The first kappa shape index (κ1) is 16.7. The van der Waals surface area contributed by atoms with E-state index in [1.54, 1.807) is 28.7 Å². The molecule has 1 aromatic carbocycles. The van der Waals surface area contributed by atoms with Crippen molar-refractivity contribution in [1.82, 2.24) is 9.80 Å². The minimum absolute atomic E-state index is 0.0198. The van der Waals surface area contributed by atoms with Gasteiger partial charge in [-0.1, -0.05) is 12.1 Å². The zero-order valence-corrected chi connectivity index (χ0v) is 14.1. The average Bonchev–Trinajstić information content (AvgIpc) is 2.93. The van der Waals surface area contributed by atoms with Crippen LogP contribution >= 0.6 is 11.8 Å². The molecule has 1 fully saturated rings. The maximum absolute atomic E-state index is 12.5. The minimum Gasteiger partial charge on any atom is -0.497 e. The second-order valence-electron chi connectivity index (χ2n) is 5.20. The third kappa shape index (κ3) is 3.74. The normalized spacial score (nSPS) is 15.8. The second-order valence-corrected chi connectivity index (χ2v) is 6.16. The van der Waals surface area contributed by atoms with Crippen LogP contribution in [0.4, 0.5) is 0 Å². The third-order valence-electron chi connectivity index (χ3n) is 3.86. The van der Waals surface area contributed by atoms with Crippen molar-refractivity contribution in [1.29, 1.82) is 0 Å². The lowest BCUT2D eigenvalue weighted by molar-refractivity contribution is -0.139. The van der Waals surface area contributed by atoms with E-state index >= 15 is 0 Å². The summed E-state index contributed by atoms with van der Waals surface area (Å²) in [5, 5.41) is 0. The van der Waals surface area contributed by atoms with Gasteiger partial charge < -0.3 is 14.5 Å². The van der Waals surface area contributed by atoms with Gasteiger partial charge in [0, 0.05) is 6.54 Å². The molecule has 1 aliphatic rings. The monoisotopic (exact) mass is 322 g/mol. The number of methoxy groups -OCH3 is 1. The topological polar surface area (TPSA) is 49.9 Å². The van der Waals surface area contributed by atoms with Gasteiger partial charge in [-0.15, -0.1) is 11.8 Å². The molecule has 6 heteroatoms. The van der Waals surface area contributed by atoms with Crippen LogP contribution in [0.5, 0.6) is 5.75 Å². The van der Waals surface area contributed by atoms with Crippen molar-refractivity contribution in [3.05, 3.63) is 29.8 Å². The Morgan fingerprint density at radius 1 is 1.50 bits per heavy atom. The number of amides is 2. The molecule has 0 radical (unpaired) electrons. The molecule has 2 rings (SSSR count). The molecule has 1 aliphatic heterocycles. The Kier molecular flexibility index (Phi) is 5.71. The summed E-state index contributed by atoms with van der Waals surface area (Å²) in [7, 11) is 1.63. The van der Waals surface area contributed by atoms with Crippen molar-refractivity contribution in [3.8, 4) is 5.75 Å². The zero-order valence-electron chi connectivity index (χ0n) is 13.2. The van der Waals surface area contributed by atoms with Gasteiger partial charge in [0.1, 0.15) is 12.3 Å². The van der Waals surface area contributed by atoms with Crippen LogP contribution in [0.25, 0.3) is 0 Å². The maximum Gasteiger partial charge on any atom is 0.242 e. The molecule has 0 N–H and O–H groups in total. The number of likely N-dealkylation sites (N-methyl/N-ethyl adjacent to an activating group) is 1. The van der Waals surface area contributed by atoms with E-state index in [1.165, 1.54) is 0 Å². The van der Waals surface area contributed by atoms with E-state index < -0.39 is 0 Å². The van der Waals surface area contributed by atoms with Gasteiger partial charge in [0.05, 0.1) is 24.8 Å². The lowest BCUT2D eigenvalue weighted by Crippen LogP contribution is -2.42. The van der Waals surface area contributed by atoms with Crippen LogP contribution < -0.4 is 4.74 Å². The van der Waals surface area contributed by atoms with Crippen molar-refractivity contribution in [3.63, 3.8) is 0 Å². The average molecular weight is 322 g/mol. The quantitative estimate of drug-likeness (QED) is 0.805. The first-order chi connectivity index (χ1) is 10.6. The molecule has 0 aromatic heterocycles. The minimum atomic E-state index is -0.0574. The van der Waals surface area contributed by atoms with Crippen LogP contribution in [0.3, 0.4) is 0 Å². The molecule has 1 saturated heterocycles. The Balaban J connectivity index is 2.08. The highest BCUT2D eigenvalue weighted by Crippen LogP contribution is 2.24. The molecule has 0 saturated carbocycles. The highest BCUT2D eigenvalue weighted by Gasteiger charge is 2.27. The van der Waals surface area contributed by atoms with Crippen LogP contribution in [-0.2, 0) is 9.59 Å². The van der Waals surface area contributed by atoms with Crippen LogP contribution in [0.2, 0.25) is 0 Å². The molecule has 1 atom stereocenters. The number of hydrogen-bond acceptors (Lipinski definition) is 4. The predicted octanol–water partition coefficient (Wildman–Crippen LogP) is 2.14. The summed E-state index contributed by atoms with van der Waals surface area (Å²) < 4.78 is 5.24. The molecule has 0 aliphatic carbocycles. The Morgan fingerprint density at radius 2 is 2.27 bits per heavy atom. The van der Waals surface area contributed by atoms with E-state index in [9.17, 15) is 9.59 Å². The number of rotatable bonds is 6. The van der Waals surface area contributed by atoms with Crippen molar-refractivity contribution in [2.24, 2.45) is 0 Å². The van der Waals surface area contributed by atoms with Crippen LogP contribution in [0.15, 0.2) is 24.3 Å².